The highest BCUT2D eigenvalue weighted by Crippen LogP contribution is 2.17. The van der Waals surface area contributed by atoms with E-state index in [4.69, 9.17) is 10.5 Å². The van der Waals surface area contributed by atoms with E-state index in [-0.39, 0.29) is 24.9 Å². The lowest BCUT2D eigenvalue weighted by molar-refractivity contribution is -0.119. The molecule has 96 valence electrons. The van der Waals surface area contributed by atoms with Crippen LogP contribution in [0, 0.1) is 0 Å². The third-order valence-electron chi connectivity index (χ3n) is 2.17. The Bertz CT molecular complexity index is 345. The second kappa shape index (κ2) is 8.84. The van der Waals surface area contributed by atoms with Crippen LogP contribution in [-0.2, 0) is 11.2 Å². The second-order valence-electron chi connectivity index (χ2n) is 3.34. The Morgan fingerprint density at radius 2 is 2.12 bits per heavy atom. The van der Waals surface area contributed by atoms with Crippen LogP contribution in [-0.4, -0.2) is 25.6 Å². The number of para-hydroxylation sites is 1. The SMILES string of the molecule is CCOc1ccccc1CCNC(=O)CN.Cl. The van der Waals surface area contributed by atoms with E-state index in [1.54, 1.807) is 0 Å². The van der Waals surface area contributed by atoms with Crippen molar-refractivity contribution in [2.75, 3.05) is 19.7 Å². The Morgan fingerprint density at radius 1 is 1.41 bits per heavy atom. The first-order valence-electron chi connectivity index (χ1n) is 5.45. The van der Waals surface area contributed by atoms with E-state index in [0.717, 1.165) is 17.7 Å². The van der Waals surface area contributed by atoms with Gasteiger partial charge in [0, 0.05) is 6.54 Å². The molecule has 1 amide bonds. The minimum atomic E-state index is -0.131. The number of benzene rings is 1. The molecule has 0 fully saturated rings. The van der Waals surface area contributed by atoms with Gasteiger partial charge in [-0.1, -0.05) is 18.2 Å². The minimum absolute atomic E-state index is 0. The maximum atomic E-state index is 10.9. The topological polar surface area (TPSA) is 64.3 Å². The molecule has 1 aromatic carbocycles. The molecular weight excluding hydrogens is 240 g/mol. The highest BCUT2D eigenvalue weighted by atomic mass is 35.5. The number of halogens is 1. The van der Waals surface area contributed by atoms with Gasteiger partial charge in [0.1, 0.15) is 5.75 Å². The number of nitrogens with two attached hydrogens (primary N) is 1. The number of nitrogens with one attached hydrogen (secondary N) is 1. The summed E-state index contributed by atoms with van der Waals surface area (Å²) in [5, 5.41) is 2.73. The predicted molar refractivity (Wildman–Crippen MR) is 70.6 cm³/mol. The van der Waals surface area contributed by atoms with Gasteiger partial charge in [-0.3, -0.25) is 4.79 Å². The van der Waals surface area contributed by atoms with Crippen molar-refractivity contribution < 1.29 is 9.53 Å². The highest BCUT2D eigenvalue weighted by molar-refractivity contribution is 5.85. The Labute approximate surface area is 108 Å². The first kappa shape index (κ1) is 15.7. The maximum absolute atomic E-state index is 10.9. The van der Waals surface area contributed by atoms with E-state index >= 15 is 0 Å². The van der Waals surface area contributed by atoms with Crippen LogP contribution < -0.4 is 15.8 Å². The average molecular weight is 259 g/mol. The summed E-state index contributed by atoms with van der Waals surface area (Å²) >= 11 is 0. The first-order chi connectivity index (χ1) is 7.77. The van der Waals surface area contributed by atoms with Gasteiger partial charge in [-0.05, 0) is 25.0 Å². The van der Waals surface area contributed by atoms with E-state index in [2.05, 4.69) is 5.32 Å². The molecule has 0 aliphatic carbocycles. The monoisotopic (exact) mass is 258 g/mol. The highest BCUT2D eigenvalue weighted by Gasteiger charge is 2.02. The van der Waals surface area contributed by atoms with Crippen LogP contribution in [0.3, 0.4) is 0 Å². The zero-order valence-corrected chi connectivity index (χ0v) is 10.8. The Morgan fingerprint density at radius 3 is 2.76 bits per heavy atom. The third-order valence-corrected chi connectivity index (χ3v) is 2.17. The molecule has 1 rings (SSSR count). The van der Waals surface area contributed by atoms with Crippen molar-refractivity contribution in [1.82, 2.24) is 5.32 Å². The van der Waals surface area contributed by atoms with Crippen molar-refractivity contribution >= 4 is 18.3 Å². The number of hydrogen-bond donors (Lipinski definition) is 2. The van der Waals surface area contributed by atoms with Gasteiger partial charge in [-0.15, -0.1) is 12.4 Å². The predicted octanol–water partition coefficient (Wildman–Crippen LogP) is 1.12. The molecule has 0 atom stereocenters. The standard InChI is InChI=1S/C12H18N2O2.ClH/c1-2-16-11-6-4-3-5-10(11)7-8-14-12(15)9-13;/h3-6H,2,7-9,13H2,1H3,(H,14,15);1H. The lowest BCUT2D eigenvalue weighted by atomic mass is 10.1. The van der Waals surface area contributed by atoms with E-state index in [9.17, 15) is 4.79 Å². The molecule has 0 unspecified atom stereocenters. The Balaban J connectivity index is 0.00000256. The zero-order chi connectivity index (χ0) is 11.8. The van der Waals surface area contributed by atoms with Crippen molar-refractivity contribution in [3.63, 3.8) is 0 Å². The fourth-order valence-electron chi connectivity index (χ4n) is 1.42. The van der Waals surface area contributed by atoms with Gasteiger partial charge < -0.3 is 15.8 Å². The summed E-state index contributed by atoms with van der Waals surface area (Å²) in [4.78, 5) is 10.9. The number of rotatable bonds is 6. The molecule has 0 radical (unpaired) electrons. The summed E-state index contributed by atoms with van der Waals surface area (Å²) < 4.78 is 5.48. The van der Waals surface area contributed by atoms with Gasteiger partial charge in [-0.2, -0.15) is 0 Å². The van der Waals surface area contributed by atoms with E-state index in [0.29, 0.717) is 13.2 Å². The van der Waals surface area contributed by atoms with Gasteiger partial charge in [0.25, 0.3) is 0 Å². The van der Waals surface area contributed by atoms with Gasteiger partial charge in [-0.25, -0.2) is 0 Å². The normalized spacial score (nSPS) is 9.29. The van der Waals surface area contributed by atoms with E-state index < -0.39 is 0 Å². The van der Waals surface area contributed by atoms with Crippen LogP contribution in [0.1, 0.15) is 12.5 Å². The quantitative estimate of drug-likeness (QED) is 0.804. The summed E-state index contributed by atoms with van der Waals surface area (Å²) in [6, 6.07) is 7.83. The Kier molecular flexibility index (Phi) is 8.19. The molecule has 0 aliphatic rings. The van der Waals surface area contributed by atoms with Gasteiger partial charge >= 0.3 is 0 Å². The lowest BCUT2D eigenvalue weighted by Gasteiger charge is -2.10. The Hall–Kier alpha value is -1.26. The van der Waals surface area contributed by atoms with Crippen LogP contribution in [0.2, 0.25) is 0 Å². The van der Waals surface area contributed by atoms with Crippen molar-refractivity contribution in [2.24, 2.45) is 5.73 Å². The van der Waals surface area contributed by atoms with Gasteiger partial charge in [0.05, 0.1) is 13.2 Å². The van der Waals surface area contributed by atoms with Crippen LogP contribution >= 0.6 is 12.4 Å². The average Bonchev–Trinajstić information content (AvgIpc) is 2.31. The van der Waals surface area contributed by atoms with Crippen LogP contribution in [0.15, 0.2) is 24.3 Å². The molecule has 4 nitrogen and oxygen atoms in total. The summed E-state index contributed by atoms with van der Waals surface area (Å²) in [5.41, 5.74) is 6.29. The molecule has 17 heavy (non-hydrogen) atoms. The molecule has 0 heterocycles. The fourth-order valence-corrected chi connectivity index (χ4v) is 1.42. The van der Waals surface area contributed by atoms with Gasteiger partial charge in [0.2, 0.25) is 5.91 Å². The largest absolute Gasteiger partial charge is 0.494 e. The van der Waals surface area contributed by atoms with Gasteiger partial charge in [0.15, 0.2) is 0 Å². The number of hydrogen-bond acceptors (Lipinski definition) is 3. The van der Waals surface area contributed by atoms with Crippen LogP contribution in [0.25, 0.3) is 0 Å². The second-order valence-corrected chi connectivity index (χ2v) is 3.34. The zero-order valence-electron chi connectivity index (χ0n) is 9.94. The molecule has 0 bridgehead atoms. The fraction of sp³-hybridized carbons (Fsp3) is 0.417. The lowest BCUT2D eigenvalue weighted by Crippen LogP contribution is -2.31. The van der Waals surface area contributed by atoms with Crippen LogP contribution in [0.5, 0.6) is 5.75 Å². The van der Waals surface area contributed by atoms with E-state index in [1.807, 2.05) is 31.2 Å². The summed E-state index contributed by atoms with van der Waals surface area (Å²) in [6.07, 6.45) is 0.752. The van der Waals surface area contributed by atoms with Crippen molar-refractivity contribution in [2.45, 2.75) is 13.3 Å². The molecular formula is C12H19ClN2O2. The number of ether oxygens (including phenoxy) is 1. The van der Waals surface area contributed by atoms with E-state index in [1.165, 1.54) is 0 Å². The third kappa shape index (κ3) is 5.56. The minimum Gasteiger partial charge on any atom is -0.494 e. The molecule has 3 N–H and O–H groups in total. The molecule has 0 saturated heterocycles. The molecule has 0 aromatic heterocycles. The van der Waals surface area contributed by atoms with Crippen molar-refractivity contribution in [1.29, 1.82) is 0 Å². The molecule has 0 aliphatic heterocycles. The molecule has 0 saturated carbocycles. The first-order valence-corrected chi connectivity index (χ1v) is 5.45. The molecule has 1 aromatic rings. The smallest absolute Gasteiger partial charge is 0.233 e. The summed E-state index contributed by atoms with van der Waals surface area (Å²) in [5.74, 6) is 0.751. The van der Waals surface area contributed by atoms with Crippen molar-refractivity contribution in [3.05, 3.63) is 29.8 Å². The molecule has 5 heteroatoms. The summed E-state index contributed by atoms with van der Waals surface area (Å²) in [6.45, 7) is 3.21. The van der Waals surface area contributed by atoms with Crippen LogP contribution in [0.4, 0.5) is 0 Å². The van der Waals surface area contributed by atoms with Crippen molar-refractivity contribution in [3.8, 4) is 5.75 Å². The maximum Gasteiger partial charge on any atom is 0.233 e. The number of carbonyl (C=O) groups is 1. The number of amides is 1. The number of carbonyl (C=O) groups excluding carboxylic acids is 1. The summed E-state index contributed by atoms with van der Waals surface area (Å²) in [7, 11) is 0. The molecule has 0 spiro atoms.